The highest BCUT2D eigenvalue weighted by Gasteiger charge is 2.31. The van der Waals surface area contributed by atoms with Crippen molar-refractivity contribution in [3.8, 4) is 11.1 Å². The summed E-state index contributed by atoms with van der Waals surface area (Å²) in [7, 11) is 0. The van der Waals surface area contributed by atoms with Crippen LogP contribution in [0.1, 0.15) is 43.8 Å². The fraction of sp³-hybridized carbons (Fsp3) is 0.200. The summed E-state index contributed by atoms with van der Waals surface area (Å²) >= 11 is 0. The van der Waals surface area contributed by atoms with Crippen LogP contribution in [-0.4, -0.2) is 54.3 Å². The molecule has 1 fully saturated rings. The van der Waals surface area contributed by atoms with Crippen molar-refractivity contribution in [3.05, 3.63) is 125 Å². The van der Waals surface area contributed by atoms with Crippen molar-refractivity contribution in [2.45, 2.75) is 25.5 Å². The van der Waals surface area contributed by atoms with Crippen LogP contribution in [0, 0.1) is 0 Å². The molecule has 1 heterocycles. The lowest BCUT2D eigenvalue weighted by Gasteiger charge is -2.32. The SMILES string of the molecule is O=C(CC1OCCN(Cc2ccccc2)C1=O)Nc1ccc(C(=O)OCC(=O)c2ccc3c(c2)Cc2ccccc2-3)cc1. The maximum atomic E-state index is 12.9. The van der Waals surface area contributed by atoms with E-state index in [4.69, 9.17) is 9.47 Å². The zero-order valence-electron chi connectivity index (χ0n) is 23.5. The minimum atomic E-state index is -0.856. The van der Waals surface area contributed by atoms with Gasteiger partial charge in [0.05, 0.1) is 18.6 Å². The molecule has 2 aliphatic rings. The first-order chi connectivity index (χ1) is 20.9. The highest BCUT2D eigenvalue weighted by Crippen LogP contribution is 2.36. The molecule has 4 aromatic rings. The lowest BCUT2D eigenvalue weighted by Crippen LogP contribution is -2.48. The van der Waals surface area contributed by atoms with E-state index in [-0.39, 0.29) is 36.2 Å². The Morgan fingerprint density at radius 2 is 1.56 bits per heavy atom. The molecule has 6 rings (SSSR count). The predicted octanol–water partition coefficient (Wildman–Crippen LogP) is 5.05. The molecule has 2 amide bonds. The minimum Gasteiger partial charge on any atom is -0.454 e. The van der Waals surface area contributed by atoms with Gasteiger partial charge in [-0.3, -0.25) is 14.4 Å². The summed E-state index contributed by atoms with van der Waals surface area (Å²) < 4.78 is 10.9. The molecule has 1 atom stereocenters. The summed E-state index contributed by atoms with van der Waals surface area (Å²) in [5.74, 6) is -1.52. The van der Waals surface area contributed by atoms with Crippen molar-refractivity contribution in [2.24, 2.45) is 0 Å². The van der Waals surface area contributed by atoms with E-state index in [1.54, 1.807) is 23.1 Å². The van der Waals surface area contributed by atoms with E-state index in [1.807, 2.05) is 54.6 Å². The van der Waals surface area contributed by atoms with Crippen LogP contribution >= 0.6 is 0 Å². The number of nitrogens with zero attached hydrogens (tertiary/aromatic N) is 1. The van der Waals surface area contributed by atoms with E-state index in [9.17, 15) is 19.2 Å². The second-order valence-electron chi connectivity index (χ2n) is 10.6. The molecule has 1 aliphatic carbocycles. The summed E-state index contributed by atoms with van der Waals surface area (Å²) in [5, 5.41) is 2.74. The fourth-order valence-electron chi connectivity index (χ4n) is 5.48. The van der Waals surface area contributed by atoms with E-state index in [0.29, 0.717) is 30.9 Å². The molecule has 0 radical (unpaired) electrons. The van der Waals surface area contributed by atoms with Gasteiger partial charge >= 0.3 is 5.97 Å². The molecular weight excluding hydrogens is 544 g/mol. The van der Waals surface area contributed by atoms with Gasteiger partial charge in [-0.1, -0.05) is 66.7 Å². The lowest BCUT2D eigenvalue weighted by molar-refractivity contribution is -0.155. The average molecular weight is 575 g/mol. The van der Waals surface area contributed by atoms with Gasteiger partial charge < -0.3 is 19.7 Å². The van der Waals surface area contributed by atoms with Crippen LogP contribution in [0.4, 0.5) is 5.69 Å². The van der Waals surface area contributed by atoms with E-state index in [1.165, 1.54) is 23.3 Å². The Hall–Kier alpha value is -5.08. The largest absolute Gasteiger partial charge is 0.454 e. The third-order valence-corrected chi connectivity index (χ3v) is 7.71. The third-order valence-electron chi connectivity index (χ3n) is 7.71. The fourth-order valence-corrected chi connectivity index (χ4v) is 5.48. The second kappa shape index (κ2) is 12.4. The first-order valence-corrected chi connectivity index (χ1v) is 14.2. The number of hydrogen-bond acceptors (Lipinski definition) is 6. The van der Waals surface area contributed by atoms with Crippen molar-refractivity contribution in [1.29, 1.82) is 0 Å². The summed E-state index contributed by atoms with van der Waals surface area (Å²) in [6.45, 7) is 0.917. The Kier molecular flexibility index (Phi) is 8.11. The normalized spacial score (nSPS) is 15.4. The number of hydrogen-bond donors (Lipinski definition) is 1. The van der Waals surface area contributed by atoms with Gasteiger partial charge in [0.25, 0.3) is 5.91 Å². The number of fused-ring (bicyclic) bond motifs is 3. The van der Waals surface area contributed by atoms with Crippen LogP contribution in [0.15, 0.2) is 97.1 Å². The number of ketones is 1. The zero-order chi connectivity index (χ0) is 29.8. The number of rotatable bonds is 9. The van der Waals surface area contributed by atoms with Gasteiger partial charge in [-0.25, -0.2) is 4.79 Å². The van der Waals surface area contributed by atoms with Gasteiger partial charge in [-0.2, -0.15) is 0 Å². The third kappa shape index (κ3) is 6.39. The molecule has 216 valence electrons. The Balaban J connectivity index is 0.983. The van der Waals surface area contributed by atoms with E-state index in [2.05, 4.69) is 17.4 Å². The first kappa shape index (κ1) is 28.1. The number of amides is 2. The Morgan fingerprint density at radius 3 is 2.37 bits per heavy atom. The van der Waals surface area contributed by atoms with Crippen LogP contribution in [0.25, 0.3) is 11.1 Å². The Morgan fingerprint density at radius 1 is 0.837 bits per heavy atom. The zero-order valence-corrected chi connectivity index (χ0v) is 23.5. The van der Waals surface area contributed by atoms with Crippen LogP contribution in [0.2, 0.25) is 0 Å². The van der Waals surface area contributed by atoms with Gasteiger partial charge in [0, 0.05) is 24.3 Å². The van der Waals surface area contributed by atoms with Gasteiger partial charge in [0.2, 0.25) is 5.91 Å². The first-order valence-electron chi connectivity index (χ1n) is 14.2. The van der Waals surface area contributed by atoms with E-state index < -0.39 is 12.1 Å². The molecular formula is C35H30N2O6. The number of carbonyl (C=O) groups is 4. The number of nitrogens with one attached hydrogen (secondary N) is 1. The van der Waals surface area contributed by atoms with Crippen molar-refractivity contribution in [1.82, 2.24) is 4.90 Å². The quantitative estimate of drug-likeness (QED) is 0.195. The molecule has 8 heteroatoms. The van der Waals surface area contributed by atoms with Crippen molar-refractivity contribution in [2.75, 3.05) is 25.1 Å². The molecule has 0 aromatic heterocycles. The molecule has 1 saturated heterocycles. The van der Waals surface area contributed by atoms with Crippen molar-refractivity contribution >= 4 is 29.3 Å². The molecule has 0 saturated carbocycles. The highest BCUT2D eigenvalue weighted by atomic mass is 16.5. The maximum absolute atomic E-state index is 12.9. The summed E-state index contributed by atoms with van der Waals surface area (Å²) in [5.41, 5.74) is 6.84. The van der Waals surface area contributed by atoms with Crippen molar-refractivity contribution < 1.29 is 28.7 Å². The molecule has 1 unspecified atom stereocenters. The minimum absolute atomic E-state index is 0.120. The molecule has 0 spiro atoms. The summed E-state index contributed by atoms with van der Waals surface area (Å²) in [4.78, 5) is 52.6. The number of esters is 1. The predicted molar refractivity (Wildman–Crippen MR) is 161 cm³/mol. The molecule has 4 aromatic carbocycles. The van der Waals surface area contributed by atoms with E-state index in [0.717, 1.165) is 23.1 Å². The van der Waals surface area contributed by atoms with E-state index >= 15 is 0 Å². The maximum Gasteiger partial charge on any atom is 0.338 e. The van der Waals surface area contributed by atoms with Crippen LogP contribution < -0.4 is 5.32 Å². The monoisotopic (exact) mass is 574 g/mol. The van der Waals surface area contributed by atoms with Crippen LogP contribution in [-0.2, 0) is 32.0 Å². The van der Waals surface area contributed by atoms with Crippen LogP contribution in [0.5, 0.6) is 0 Å². The number of carbonyl (C=O) groups excluding carboxylic acids is 4. The van der Waals surface area contributed by atoms with Gasteiger partial charge in [0.1, 0.15) is 6.10 Å². The molecule has 0 bridgehead atoms. The van der Waals surface area contributed by atoms with Crippen LogP contribution in [0.3, 0.4) is 0 Å². The molecule has 8 nitrogen and oxygen atoms in total. The van der Waals surface area contributed by atoms with Gasteiger partial charge in [0.15, 0.2) is 12.4 Å². The number of Topliss-reactive ketones (excluding diaryl/α,β-unsaturated/α-hetero) is 1. The smallest absolute Gasteiger partial charge is 0.338 e. The molecule has 1 aliphatic heterocycles. The Bertz CT molecular complexity index is 1680. The average Bonchev–Trinajstić information content (AvgIpc) is 3.40. The Labute approximate surface area is 249 Å². The standard InChI is InChI=1S/C35H30N2O6/c38-31(26-12-15-30-27(19-26)18-25-8-4-5-9-29(25)30)22-43-35(41)24-10-13-28(14-11-24)36-33(39)20-32-34(40)37(16-17-42-32)21-23-6-2-1-3-7-23/h1-15,19,32H,16-18,20-22H2,(H,36,39). The highest BCUT2D eigenvalue weighted by molar-refractivity contribution is 6.00. The molecule has 1 N–H and O–H groups in total. The molecule has 43 heavy (non-hydrogen) atoms. The lowest BCUT2D eigenvalue weighted by atomic mass is 10.0. The second-order valence-corrected chi connectivity index (χ2v) is 10.6. The number of benzene rings is 4. The van der Waals surface area contributed by atoms with Gasteiger partial charge in [-0.15, -0.1) is 0 Å². The summed E-state index contributed by atoms with van der Waals surface area (Å²) in [6, 6.07) is 29.6. The number of morpholine rings is 1. The number of ether oxygens (including phenoxy) is 2. The summed E-state index contributed by atoms with van der Waals surface area (Å²) in [6.07, 6.45) is -0.207. The number of anilines is 1. The van der Waals surface area contributed by atoms with Gasteiger partial charge in [-0.05, 0) is 64.6 Å². The topological polar surface area (TPSA) is 102 Å². The van der Waals surface area contributed by atoms with Crippen molar-refractivity contribution in [3.63, 3.8) is 0 Å².